The van der Waals surface area contributed by atoms with Gasteiger partial charge in [-0.05, 0) is 49.8 Å². The van der Waals surface area contributed by atoms with Crippen molar-refractivity contribution in [1.82, 2.24) is 0 Å². The van der Waals surface area contributed by atoms with Crippen molar-refractivity contribution in [3.8, 4) is 0 Å². The molecule has 1 rings (SSSR count). The van der Waals surface area contributed by atoms with Gasteiger partial charge >= 0.3 is 0 Å². The summed E-state index contributed by atoms with van der Waals surface area (Å²) in [6.07, 6.45) is 3.91. The minimum absolute atomic E-state index is 0.293. The number of hydrogen-bond acceptors (Lipinski definition) is 2. The Hall–Kier alpha value is -0.350. The van der Waals surface area contributed by atoms with Crippen LogP contribution in [0.3, 0.4) is 0 Å². The Labute approximate surface area is 112 Å². The lowest BCUT2D eigenvalue weighted by molar-refractivity contribution is 0.597. The van der Waals surface area contributed by atoms with Gasteiger partial charge in [0, 0.05) is 16.5 Å². The van der Waals surface area contributed by atoms with Gasteiger partial charge in [-0.2, -0.15) is 0 Å². The topological polar surface area (TPSA) is 34.1 Å². The van der Waals surface area contributed by atoms with Crippen LogP contribution < -0.4 is 0 Å². The number of sulfone groups is 1. The lowest BCUT2D eigenvalue weighted by atomic mass is 10.0. The normalized spacial score (nSPS) is 11.8. The SMILES string of the molecule is Cc1cc(CCCCS(C)(=O)=O)cc(C)c1Br. The molecule has 17 heavy (non-hydrogen) atoms. The lowest BCUT2D eigenvalue weighted by Gasteiger charge is -2.07. The van der Waals surface area contributed by atoms with E-state index < -0.39 is 9.84 Å². The van der Waals surface area contributed by atoms with Crippen molar-refractivity contribution < 1.29 is 8.42 Å². The van der Waals surface area contributed by atoms with Crippen LogP contribution in [0.2, 0.25) is 0 Å². The zero-order chi connectivity index (χ0) is 13.1. The number of benzene rings is 1. The fourth-order valence-corrected chi connectivity index (χ4v) is 2.83. The molecule has 0 saturated carbocycles. The zero-order valence-electron chi connectivity index (χ0n) is 10.6. The molecule has 4 heteroatoms. The van der Waals surface area contributed by atoms with Gasteiger partial charge in [-0.1, -0.05) is 28.1 Å². The second kappa shape index (κ2) is 6.01. The minimum atomic E-state index is -2.81. The van der Waals surface area contributed by atoms with E-state index in [-0.39, 0.29) is 0 Å². The molecule has 1 aromatic rings. The molecule has 0 radical (unpaired) electrons. The quantitative estimate of drug-likeness (QED) is 0.779. The molecule has 2 nitrogen and oxygen atoms in total. The van der Waals surface area contributed by atoms with Crippen molar-refractivity contribution in [2.45, 2.75) is 33.1 Å². The molecule has 0 saturated heterocycles. The van der Waals surface area contributed by atoms with E-state index in [1.54, 1.807) is 0 Å². The van der Waals surface area contributed by atoms with Gasteiger partial charge in [0.1, 0.15) is 9.84 Å². The molecule has 0 fully saturated rings. The molecule has 0 amide bonds. The number of rotatable bonds is 5. The summed E-state index contributed by atoms with van der Waals surface area (Å²) in [5.41, 5.74) is 3.77. The van der Waals surface area contributed by atoms with E-state index in [4.69, 9.17) is 0 Å². The third kappa shape index (κ3) is 5.21. The fourth-order valence-electron chi connectivity index (χ4n) is 1.87. The van der Waals surface area contributed by atoms with Crippen LogP contribution in [-0.2, 0) is 16.3 Å². The Morgan fingerprint density at radius 3 is 2.12 bits per heavy atom. The van der Waals surface area contributed by atoms with Crippen LogP contribution in [0.15, 0.2) is 16.6 Å². The van der Waals surface area contributed by atoms with Gasteiger partial charge in [-0.15, -0.1) is 0 Å². The predicted molar refractivity (Wildman–Crippen MR) is 76.3 cm³/mol. The molecule has 0 aliphatic carbocycles. The first-order valence-electron chi connectivity index (χ1n) is 5.73. The standard InChI is InChI=1S/C13H19BrO2S/c1-10-8-12(9-11(2)13(10)14)6-4-5-7-17(3,15)16/h8-9H,4-7H2,1-3H3. The first-order chi connectivity index (χ1) is 7.79. The molecule has 96 valence electrons. The van der Waals surface area contributed by atoms with Crippen LogP contribution in [0.4, 0.5) is 0 Å². The maximum atomic E-state index is 11.0. The first kappa shape index (κ1) is 14.7. The molecule has 1 aromatic carbocycles. The van der Waals surface area contributed by atoms with Gasteiger partial charge in [0.2, 0.25) is 0 Å². The van der Waals surface area contributed by atoms with E-state index >= 15 is 0 Å². The van der Waals surface area contributed by atoms with Crippen LogP contribution >= 0.6 is 15.9 Å². The van der Waals surface area contributed by atoms with Gasteiger partial charge in [-0.25, -0.2) is 8.42 Å². The molecular formula is C13H19BrO2S. The summed E-state index contributed by atoms with van der Waals surface area (Å²) in [6, 6.07) is 4.33. The van der Waals surface area contributed by atoms with E-state index in [0.717, 1.165) is 23.7 Å². The average Bonchev–Trinajstić information content (AvgIpc) is 2.19. The van der Waals surface area contributed by atoms with E-state index in [2.05, 4.69) is 41.9 Å². The summed E-state index contributed by atoms with van der Waals surface area (Å²) >= 11 is 3.54. The van der Waals surface area contributed by atoms with Crippen molar-refractivity contribution in [3.63, 3.8) is 0 Å². The number of hydrogen-bond donors (Lipinski definition) is 0. The second-order valence-electron chi connectivity index (χ2n) is 4.63. The summed E-state index contributed by atoms with van der Waals surface area (Å²) in [5.74, 6) is 0.293. The highest BCUT2D eigenvalue weighted by molar-refractivity contribution is 9.10. The first-order valence-corrected chi connectivity index (χ1v) is 8.58. The van der Waals surface area contributed by atoms with Crippen LogP contribution in [0.1, 0.15) is 29.5 Å². The van der Waals surface area contributed by atoms with Gasteiger partial charge in [0.15, 0.2) is 0 Å². The Morgan fingerprint density at radius 1 is 1.12 bits per heavy atom. The van der Waals surface area contributed by atoms with Gasteiger partial charge in [0.05, 0.1) is 0 Å². The summed E-state index contributed by atoms with van der Waals surface area (Å²) in [4.78, 5) is 0. The predicted octanol–water partition coefficient (Wildman–Crippen LogP) is 3.43. The van der Waals surface area contributed by atoms with E-state index in [1.807, 2.05) is 0 Å². The van der Waals surface area contributed by atoms with Crippen LogP contribution in [0.5, 0.6) is 0 Å². The summed E-state index contributed by atoms with van der Waals surface area (Å²) in [5, 5.41) is 0. The van der Waals surface area contributed by atoms with Crippen LogP contribution in [0.25, 0.3) is 0 Å². The highest BCUT2D eigenvalue weighted by Gasteiger charge is 2.04. The minimum Gasteiger partial charge on any atom is -0.229 e. The molecule has 0 spiro atoms. The highest BCUT2D eigenvalue weighted by atomic mass is 79.9. The number of unbranched alkanes of at least 4 members (excludes halogenated alkanes) is 1. The molecule has 0 bridgehead atoms. The molecular weight excluding hydrogens is 300 g/mol. The van der Waals surface area contributed by atoms with E-state index in [0.29, 0.717) is 5.75 Å². The Kier molecular flexibility index (Phi) is 5.20. The van der Waals surface area contributed by atoms with Gasteiger partial charge in [0.25, 0.3) is 0 Å². The molecule has 0 unspecified atom stereocenters. The zero-order valence-corrected chi connectivity index (χ0v) is 13.0. The fraction of sp³-hybridized carbons (Fsp3) is 0.538. The third-order valence-electron chi connectivity index (χ3n) is 2.73. The molecule has 0 aliphatic heterocycles. The third-order valence-corrected chi connectivity index (χ3v) is 5.01. The molecule has 0 atom stereocenters. The Bertz CT molecular complexity index is 469. The molecule has 0 aliphatic rings. The number of aryl methyl sites for hydroxylation is 3. The van der Waals surface area contributed by atoms with Crippen molar-refractivity contribution >= 4 is 25.8 Å². The maximum Gasteiger partial charge on any atom is 0.147 e. The van der Waals surface area contributed by atoms with E-state index in [9.17, 15) is 8.42 Å². The van der Waals surface area contributed by atoms with Crippen LogP contribution in [-0.4, -0.2) is 20.4 Å². The molecule has 0 heterocycles. The largest absolute Gasteiger partial charge is 0.229 e. The van der Waals surface area contributed by atoms with Gasteiger partial charge < -0.3 is 0 Å². The smallest absolute Gasteiger partial charge is 0.147 e. The van der Waals surface area contributed by atoms with Crippen molar-refractivity contribution in [1.29, 1.82) is 0 Å². The number of halogens is 1. The Balaban J connectivity index is 2.53. The van der Waals surface area contributed by atoms with Crippen molar-refractivity contribution in [3.05, 3.63) is 33.3 Å². The summed E-state index contributed by atoms with van der Waals surface area (Å²) in [6.45, 7) is 4.16. The second-order valence-corrected chi connectivity index (χ2v) is 7.68. The van der Waals surface area contributed by atoms with Gasteiger partial charge in [-0.3, -0.25) is 0 Å². The monoisotopic (exact) mass is 318 g/mol. The lowest BCUT2D eigenvalue weighted by Crippen LogP contribution is -2.03. The Morgan fingerprint density at radius 2 is 1.65 bits per heavy atom. The summed E-state index contributed by atoms with van der Waals surface area (Å²) < 4.78 is 23.1. The summed E-state index contributed by atoms with van der Waals surface area (Å²) in [7, 11) is -2.81. The van der Waals surface area contributed by atoms with Crippen LogP contribution in [0, 0.1) is 13.8 Å². The highest BCUT2D eigenvalue weighted by Crippen LogP contribution is 2.23. The molecule has 0 aromatic heterocycles. The van der Waals surface area contributed by atoms with Crippen molar-refractivity contribution in [2.75, 3.05) is 12.0 Å². The average molecular weight is 319 g/mol. The molecule has 0 N–H and O–H groups in total. The maximum absolute atomic E-state index is 11.0. The van der Waals surface area contributed by atoms with Crippen molar-refractivity contribution in [2.24, 2.45) is 0 Å². The van der Waals surface area contributed by atoms with E-state index in [1.165, 1.54) is 22.9 Å².